The van der Waals surface area contributed by atoms with Gasteiger partial charge in [-0.25, -0.2) is 4.79 Å². The molecule has 3 rings (SSSR count). The lowest BCUT2D eigenvalue weighted by atomic mass is 10.1. The lowest BCUT2D eigenvalue weighted by molar-refractivity contribution is -0.690. The van der Waals surface area contributed by atoms with E-state index in [-0.39, 0.29) is 0 Å². The molecule has 2 aromatic carbocycles. The number of hydrogen-bond donors (Lipinski definition) is 1. The third-order valence-electron chi connectivity index (χ3n) is 4.02. The molecule has 0 atom stereocenters. The van der Waals surface area contributed by atoms with Crippen LogP contribution in [0.15, 0.2) is 72.9 Å². The number of aromatic nitrogens is 1. The van der Waals surface area contributed by atoms with Crippen molar-refractivity contribution in [1.29, 1.82) is 0 Å². The van der Waals surface area contributed by atoms with E-state index in [0.717, 1.165) is 11.3 Å². The van der Waals surface area contributed by atoms with Crippen molar-refractivity contribution in [2.24, 2.45) is 0 Å². The van der Waals surface area contributed by atoms with Gasteiger partial charge in [0.05, 0.1) is 5.56 Å². The van der Waals surface area contributed by atoms with Crippen LogP contribution in [-0.4, -0.2) is 11.1 Å². The van der Waals surface area contributed by atoms with Gasteiger partial charge in [-0.3, -0.25) is 0 Å². The number of nitrogens with zero attached hydrogens (tertiary/aromatic N) is 1. The molecular weight excluding hydrogens is 310 g/mol. The van der Waals surface area contributed by atoms with Crippen LogP contribution in [0.1, 0.15) is 32.7 Å². The van der Waals surface area contributed by atoms with E-state index in [9.17, 15) is 4.79 Å². The van der Waals surface area contributed by atoms with E-state index in [1.807, 2.05) is 30.5 Å². The molecule has 0 fully saturated rings. The lowest BCUT2D eigenvalue weighted by Crippen LogP contribution is -2.36. The number of carbonyl (C=O) groups is 1. The monoisotopic (exact) mass is 330 g/mol. The Bertz CT molecular complexity index is 911. The molecular formula is C22H20NO2+. The number of aryl methyl sites for hydroxylation is 1. The fourth-order valence-electron chi connectivity index (χ4n) is 2.69. The zero-order chi connectivity index (χ0) is 17.6. The molecule has 3 heteroatoms. The normalized spacial score (nSPS) is 10.9. The second kappa shape index (κ2) is 7.58. The van der Waals surface area contributed by atoms with Gasteiger partial charge in [0, 0.05) is 23.8 Å². The van der Waals surface area contributed by atoms with Crippen molar-refractivity contribution in [3.63, 3.8) is 0 Å². The third kappa shape index (κ3) is 4.42. The van der Waals surface area contributed by atoms with Gasteiger partial charge in [-0.05, 0) is 36.8 Å². The summed E-state index contributed by atoms with van der Waals surface area (Å²) in [6, 6.07) is 21.4. The van der Waals surface area contributed by atoms with E-state index in [1.54, 1.807) is 12.1 Å². The van der Waals surface area contributed by atoms with Crippen molar-refractivity contribution < 1.29 is 14.5 Å². The van der Waals surface area contributed by atoms with Crippen molar-refractivity contribution in [3.05, 3.63) is 101 Å². The summed E-state index contributed by atoms with van der Waals surface area (Å²) in [5.74, 6) is -0.902. The predicted molar refractivity (Wildman–Crippen MR) is 99.2 cm³/mol. The number of hydrogen-bond acceptors (Lipinski definition) is 1. The van der Waals surface area contributed by atoms with Gasteiger partial charge >= 0.3 is 5.97 Å². The van der Waals surface area contributed by atoms with Crippen LogP contribution < -0.4 is 4.57 Å². The minimum Gasteiger partial charge on any atom is -0.478 e. The Morgan fingerprint density at radius 2 is 1.80 bits per heavy atom. The topological polar surface area (TPSA) is 41.2 Å². The van der Waals surface area contributed by atoms with E-state index in [4.69, 9.17) is 5.11 Å². The molecule has 0 aliphatic heterocycles. The molecule has 1 heterocycles. The van der Waals surface area contributed by atoms with E-state index >= 15 is 0 Å². The minimum atomic E-state index is -0.902. The molecule has 0 bridgehead atoms. The highest BCUT2D eigenvalue weighted by Crippen LogP contribution is 2.09. The van der Waals surface area contributed by atoms with Crippen molar-refractivity contribution >= 4 is 18.1 Å². The molecule has 124 valence electrons. The zero-order valence-electron chi connectivity index (χ0n) is 14.1. The first-order chi connectivity index (χ1) is 12.1. The van der Waals surface area contributed by atoms with Crippen LogP contribution in [0.3, 0.4) is 0 Å². The van der Waals surface area contributed by atoms with Gasteiger partial charge in [-0.1, -0.05) is 42.0 Å². The Morgan fingerprint density at radius 1 is 1.00 bits per heavy atom. The first kappa shape index (κ1) is 16.7. The van der Waals surface area contributed by atoms with Crippen LogP contribution in [-0.2, 0) is 6.54 Å². The molecule has 1 N–H and O–H groups in total. The Labute approximate surface area is 147 Å². The molecule has 0 radical (unpaired) electrons. The van der Waals surface area contributed by atoms with E-state index in [0.29, 0.717) is 12.1 Å². The lowest BCUT2D eigenvalue weighted by Gasteiger charge is -2.02. The Morgan fingerprint density at radius 3 is 2.52 bits per heavy atom. The molecule has 3 nitrogen and oxygen atoms in total. The van der Waals surface area contributed by atoms with Crippen LogP contribution in [0.2, 0.25) is 0 Å². The molecule has 3 aromatic rings. The zero-order valence-corrected chi connectivity index (χ0v) is 14.1. The van der Waals surface area contributed by atoms with Gasteiger partial charge in [0.25, 0.3) is 0 Å². The molecule has 25 heavy (non-hydrogen) atoms. The third-order valence-corrected chi connectivity index (χ3v) is 4.02. The second-order valence-corrected chi connectivity index (χ2v) is 6.00. The fourth-order valence-corrected chi connectivity index (χ4v) is 2.69. The molecule has 0 saturated carbocycles. The highest BCUT2D eigenvalue weighted by atomic mass is 16.4. The number of pyridine rings is 1. The van der Waals surface area contributed by atoms with E-state index in [2.05, 4.69) is 54.0 Å². The smallest absolute Gasteiger partial charge is 0.335 e. The highest BCUT2D eigenvalue weighted by molar-refractivity contribution is 5.87. The average molecular weight is 330 g/mol. The molecule has 0 amide bonds. The molecule has 0 spiro atoms. The molecule has 1 aromatic heterocycles. The summed E-state index contributed by atoms with van der Waals surface area (Å²) in [6.07, 6.45) is 6.23. The quantitative estimate of drug-likeness (QED) is 0.712. The summed E-state index contributed by atoms with van der Waals surface area (Å²) in [7, 11) is 0. The summed E-state index contributed by atoms with van der Waals surface area (Å²) in [5, 5.41) is 8.99. The Hall–Kier alpha value is -3.20. The first-order valence-electron chi connectivity index (χ1n) is 8.17. The van der Waals surface area contributed by atoms with Crippen molar-refractivity contribution in [3.8, 4) is 0 Å². The van der Waals surface area contributed by atoms with E-state index in [1.165, 1.54) is 11.1 Å². The maximum atomic E-state index is 11.0. The summed E-state index contributed by atoms with van der Waals surface area (Å²) in [6.45, 7) is 2.77. The van der Waals surface area contributed by atoms with Crippen LogP contribution in [0, 0.1) is 6.92 Å². The molecule has 0 saturated heterocycles. The van der Waals surface area contributed by atoms with Crippen molar-refractivity contribution in [2.45, 2.75) is 13.5 Å². The second-order valence-electron chi connectivity index (χ2n) is 6.00. The Balaban J connectivity index is 1.82. The average Bonchev–Trinajstić information content (AvgIpc) is 2.61. The van der Waals surface area contributed by atoms with Crippen LogP contribution in [0.25, 0.3) is 12.2 Å². The van der Waals surface area contributed by atoms with Crippen molar-refractivity contribution in [2.75, 3.05) is 0 Å². The summed E-state index contributed by atoms with van der Waals surface area (Å²) in [4.78, 5) is 11.0. The van der Waals surface area contributed by atoms with Crippen molar-refractivity contribution in [1.82, 2.24) is 0 Å². The molecule has 0 aliphatic rings. The number of carboxylic acid groups (broad SMARTS) is 1. The van der Waals surface area contributed by atoms with Gasteiger partial charge < -0.3 is 5.11 Å². The van der Waals surface area contributed by atoms with Crippen LogP contribution in [0.5, 0.6) is 0 Å². The van der Waals surface area contributed by atoms with Gasteiger partial charge in [-0.2, -0.15) is 4.57 Å². The van der Waals surface area contributed by atoms with Crippen LogP contribution >= 0.6 is 0 Å². The standard InChI is InChI=1S/C22H19NO2/c1-17-5-4-6-18(15-17)10-13-21-7-2-3-14-23(21)16-19-8-11-20(12-9-19)22(24)25/h2-15H,16H2,1H3/p+1/b13-10+. The van der Waals surface area contributed by atoms with E-state index < -0.39 is 5.97 Å². The minimum absolute atomic E-state index is 0.307. The Kier molecular flexibility index (Phi) is 5.05. The highest BCUT2D eigenvalue weighted by Gasteiger charge is 2.09. The van der Waals surface area contributed by atoms with Gasteiger partial charge in [-0.15, -0.1) is 0 Å². The largest absolute Gasteiger partial charge is 0.478 e. The summed E-state index contributed by atoms with van der Waals surface area (Å²) < 4.78 is 2.14. The SMILES string of the molecule is Cc1cccc(/C=C/c2cccc[n+]2Cc2ccc(C(=O)O)cc2)c1. The number of benzene rings is 2. The molecule has 0 unspecified atom stereocenters. The number of aromatic carboxylic acids is 1. The summed E-state index contributed by atoms with van der Waals surface area (Å²) >= 11 is 0. The van der Waals surface area contributed by atoms with Crippen LogP contribution in [0.4, 0.5) is 0 Å². The van der Waals surface area contributed by atoms with Gasteiger partial charge in [0.15, 0.2) is 12.7 Å². The van der Waals surface area contributed by atoms with Gasteiger partial charge in [0.1, 0.15) is 0 Å². The molecule has 0 aliphatic carbocycles. The summed E-state index contributed by atoms with van der Waals surface area (Å²) in [5.41, 5.74) is 4.86. The maximum Gasteiger partial charge on any atom is 0.335 e. The maximum absolute atomic E-state index is 11.0. The number of rotatable bonds is 5. The van der Waals surface area contributed by atoms with Gasteiger partial charge in [0.2, 0.25) is 5.69 Å². The predicted octanol–water partition coefficient (Wildman–Crippen LogP) is 4.20. The fraction of sp³-hybridized carbons (Fsp3) is 0.0909. The first-order valence-corrected chi connectivity index (χ1v) is 8.17. The number of carboxylic acids is 1.